The molecule has 1 nitrogen and oxygen atoms in total. The van der Waals surface area contributed by atoms with E-state index in [1.54, 1.807) is 0 Å². The van der Waals surface area contributed by atoms with Crippen molar-refractivity contribution in [1.82, 2.24) is 0 Å². The summed E-state index contributed by atoms with van der Waals surface area (Å²) in [7, 11) is 0. The molecule has 0 spiro atoms. The van der Waals surface area contributed by atoms with E-state index in [0.717, 1.165) is 11.2 Å². The van der Waals surface area contributed by atoms with E-state index in [9.17, 15) is 0 Å². The van der Waals surface area contributed by atoms with Crippen molar-refractivity contribution in [2.24, 2.45) is 0 Å². The largest absolute Gasteiger partial charge is 0.456 e. The smallest absolute Gasteiger partial charge is 0.135 e. The molecule has 102 valence electrons. The second kappa shape index (κ2) is 8.36. The van der Waals surface area contributed by atoms with Crippen LogP contribution >= 0.6 is 0 Å². The summed E-state index contributed by atoms with van der Waals surface area (Å²) in [5.74, 6) is 0. The Morgan fingerprint density at radius 1 is 0.632 bits per heavy atom. The van der Waals surface area contributed by atoms with E-state index in [4.69, 9.17) is 4.42 Å². The fourth-order valence-corrected chi connectivity index (χ4v) is 1.67. The van der Waals surface area contributed by atoms with Gasteiger partial charge in [-0.3, -0.25) is 0 Å². The van der Waals surface area contributed by atoms with Crippen LogP contribution in [0.3, 0.4) is 0 Å². The van der Waals surface area contributed by atoms with Gasteiger partial charge in [-0.1, -0.05) is 76.9 Å². The summed E-state index contributed by atoms with van der Waals surface area (Å²) in [6, 6.07) is 16.2. The quantitative estimate of drug-likeness (QED) is 0.452. The Morgan fingerprint density at radius 3 is 1.32 bits per heavy atom. The fourth-order valence-electron chi connectivity index (χ4n) is 1.67. The average molecular weight is 256 g/mol. The van der Waals surface area contributed by atoms with Crippen LogP contribution in [0.2, 0.25) is 0 Å². The lowest BCUT2D eigenvalue weighted by Crippen LogP contribution is -1.62. The monoisotopic (exact) mass is 256 g/mol. The van der Waals surface area contributed by atoms with Gasteiger partial charge >= 0.3 is 0 Å². The minimum Gasteiger partial charge on any atom is -0.456 e. The maximum absolute atomic E-state index is 5.65. The van der Waals surface area contributed by atoms with E-state index in [0.29, 0.717) is 0 Å². The molecule has 0 aliphatic rings. The SMILES string of the molecule is CCC.CCC.c1ccc2c(c1)oc1ccccc12. The Bertz CT molecular complexity index is 540. The minimum absolute atomic E-state index is 0.962. The van der Waals surface area contributed by atoms with Crippen LogP contribution in [0.5, 0.6) is 0 Å². The molecule has 0 radical (unpaired) electrons. The molecule has 0 bridgehead atoms. The molecule has 1 heteroatoms. The first kappa shape index (κ1) is 15.3. The zero-order chi connectivity index (χ0) is 14.1. The van der Waals surface area contributed by atoms with Crippen molar-refractivity contribution in [3.63, 3.8) is 0 Å². The Morgan fingerprint density at radius 2 is 0.947 bits per heavy atom. The highest BCUT2D eigenvalue weighted by atomic mass is 16.3. The second-order valence-electron chi connectivity index (χ2n) is 4.51. The summed E-state index contributed by atoms with van der Waals surface area (Å²) in [5, 5.41) is 2.39. The lowest BCUT2D eigenvalue weighted by atomic mass is 10.2. The van der Waals surface area contributed by atoms with Crippen molar-refractivity contribution in [2.45, 2.75) is 40.5 Å². The van der Waals surface area contributed by atoms with Gasteiger partial charge in [0.2, 0.25) is 0 Å². The van der Waals surface area contributed by atoms with E-state index in [2.05, 4.69) is 39.8 Å². The number of benzene rings is 2. The standard InChI is InChI=1S/C12H8O.2C3H8/c1-3-7-11-9(5-1)10-6-2-4-8-12(10)13-11;2*1-3-2/h1-8H;2*3H2,1-2H3. The lowest BCUT2D eigenvalue weighted by molar-refractivity contribution is 0.669. The number of hydrogen-bond donors (Lipinski definition) is 0. The van der Waals surface area contributed by atoms with Gasteiger partial charge in [-0.05, 0) is 12.1 Å². The number of hydrogen-bond acceptors (Lipinski definition) is 1. The number of rotatable bonds is 0. The van der Waals surface area contributed by atoms with Gasteiger partial charge in [-0.2, -0.15) is 0 Å². The van der Waals surface area contributed by atoms with Crippen LogP contribution in [-0.2, 0) is 0 Å². The molecule has 2 aromatic carbocycles. The van der Waals surface area contributed by atoms with E-state index >= 15 is 0 Å². The third-order valence-electron chi connectivity index (χ3n) is 2.28. The highest BCUT2D eigenvalue weighted by molar-refractivity contribution is 6.04. The zero-order valence-corrected chi connectivity index (χ0v) is 12.4. The first-order valence-electron chi connectivity index (χ1n) is 7.14. The van der Waals surface area contributed by atoms with Crippen molar-refractivity contribution >= 4 is 21.9 Å². The molecule has 3 rings (SSSR count). The molecule has 0 saturated heterocycles. The summed E-state index contributed by atoms with van der Waals surface area (Å²) in [5.41, 5.74) is 1.92. The van der Waals surface area contributed by atoms with Crippen LogP contribution in [-0.4, -0.2) is 0 Å². The van der Waals surface area contributed by atoms with E-state index in [1.165, 1.54) is 23.6 Å². The third kappa shape index (κ3) is 4.13. The molecular formula is C18H24O. The number of furan rings is 1. The Hall–Kier alpha value is -1.76. The first-order chi connectivity index (χ1) is 9.28. The molecular weight excluding hydrogens is 232 g/mol. The summed E-state index contributed by atoms with van der Waals surface area (Å²) >= 11 is 0. The van der Waals surface area contributed by atoms with Crippen LogP contribution in [0.15, 0.2) is 52.9 Å². The van der Waals surface area contributed by atoms with Gasteiger partial charge < -0.3 is 4.42 Å². The van der Waals surface area contributed by atoms with Crippen LogP contribution in [0.1, 0.15) is 40.5 Å². The van der Waals surface area contributed by atoms with Crippen molar-refractivity contribution in [3.05, 3.63) is 48.5 Å². The molecule has 0 fully saturated rings. The van der Waals surface area contributed by atoms with Gasteiger partial charge in [-0.25, -0.2) is 0 Å². The predicted octanol–water partition coefficient (Wildman–Crippen LogP) is 6.42. The normalized spacial score (nSPS) is 9.47. The van der Waals surface area contributed by atoms with Crippen molar-refractivity contribution in [2.75, 3.05) is 0 Å². The summed E-state index contributed by atoms with van der Waals surface area (Å²) in [4.78, 5) is 0. The van der Waals surface area contributed by atoms with Crippen molar-refractivity contribution in [1.29, 1.82) is 0 Å². The average Bonchev–Trinajstić information content (AvgIpc) is 2.79. The molecule has 1 heterocycles. The molecule has 0 amide bonds. The maximum atomic E-state index is 5.65. The molecule has 0 aliphatic heterocycles. The summed E-state index contributed by atoms with van der Waals surface area (Å²) in [6.07, 6.45) is 2.50. The van der Waals surface area contributed by atoms with Crippen LogP contribution in [0.4, 0.5) is 0 Å². The minimum atomic E-state index is 0.962. The molecule has 0 saturated carbocycles. The van der Waals surface area contributed by atoms with Crippen molar-refractivity contribution in [3.8, 4) is 0 Å². The molecule has 19 heavy (non-hydrogen) atoms. The topological polar surface area (TPSA) is 13.1 Å². The zero-order valence-electron chi connectivity index (χ0n) is 12.4. The fraction of sp³-hybridized carbons (Fsp3) is 0.333. The van der Waals surface area contributed by atoms with E-state index < -0.39 is 0 Å². The summed E-state index contributed by atoms with van der Waals surface area (Å²) in [6.45, 7) is 8.50. The highest BCUT2D eigenvalue weighted by Gasteiger charge is 2.03. The highest BCUT2D eigenvalue weighted by Crippen LogP contribution is 2.27. The number of fused-ring (bicyclic) bond motifs is 3. The lowest BCUT2D eigenvalue weighted by Gasteiger charge is -1.85. The Balaban J connectivity index is 0.000000261. The first-order valence-corrected chi connectivity index (χ1v) is 7.14. The molecule has 0 aliphatic carbocycles. The molecule has 3 aromatic rings. The van der Waals surface area contributed by atoms with Gasteiger partial charge in [-0.15, -0.1) is 0 Å². The molecule has 0 unspecified atom stereocenters. The van der Waals surface area contributed by atoms with Gasteiger partial charge in [0, 0.05) is 10.8 Å². The van der Waals surface area contributed by atoms with E-state index in [1.807, 2.05) is 36.4 Å². The predicted molar refractivity (Wildman–Crippen MR) is 85.7 cm³/mol. The maximum Gasteiger partial charge on any atom is 0.135 e. The van der Waals surface area contributed by atoms with Crippen LogP contribution in [0, 0.1) is 0 Å². The van der Waals surface area contributed by atoms with E-state index in [-0.39, 0.29) is 0 Å². The molecule has 1 aromatic heterocycles. The van der Waals surface area contributed by atoms with Crippen LogP contribution < -0.4 is 0 Å². The van der Waals surface area contributed by atoms with Gasteiger partial charge in [0.25, 0.3) is 0 Å². The third-order valence-corrected chi connectivity index (χ3v) is 2.28. The van der Waals surface area contributed by atoms with Crippen molar-refractivity contribution < 1.29 is 4.42 Å². The van der Waals surface area contributed by atoms with Gasteiger partial charge in [0.05, 0.1) is 0 Å². The molecule has 0 N–H and O–H groups in total. The van der Waals surface area contributed by atoms with Gasteiger partial charge in [0.1, 0.15) is 11.2 Å². The van der Waals surface area contributed by atoms with Gasteiger partial charge in [0.15, 0.2) is 0 Å². The summed E-state index contributed by atoms with van der Waals surface area (Å²) < 4.78 is 5.65. The number of para-hydroxylation sites is 2. The Kier molecular flexibility index (Phi) is 6.73. The second-order valence-corrected chi connectivity index (χ2v) is 4.51. The Labute approximate surface area is 116 Å². The van der Waals surface area contributed by atoms with Crippen LogP contribution in [0.25, 0.3) is 21.9 Å². The molecule has 0 atom stereocenters.